The molecule has 9 heteroatoms. The van der Waals surface area contributed by atoms with Crippen LogP contribution in [0.5, 0.6) is 0 Å². The second-order valence-corrected chi connectivity index (χ2v) is 7.35. The van der Waals surface area contributed by atoms with Gasteiger partial charge in [0.2, 0.25) is 0 Å². The van der Waals surface area contributed by atoms with Gasteiger partial charge in [-0.1, -0.05) is 18.2 Å². The molecule has 0 aliphatic heterocycles. The zero-order valence-electron chi connectivity index (χ0n) is 17.5. The van der Waals surface area contributed by atoms with Gasteiger partial charge in [-0.05, 0) is 39.0 Å². The average molecular weight is 418 g/mol. The van der Waals surface area contributed by atoms with Gasteiger partial charge in [0, 0.05) is 34.9 Å². The molecule has 0 unspecified atom stereocenters. The number of carbonyl (C=O) groups is 2. The van der Waals surface area contributed by atoms with Crippen molar-refractivity contribution in [3.63, 3.8) is 0 Å². The average Bonchev–Trinajstić information content (AvgIpc) is 3.26. The number of fused-ring (bicyclic) bond motifs is 1. The number of aromatic nitrogens is 5. The molecule has 3 heterocycles. The number of aromatic amines is 1. The smallest absolute Gasteiger partial charge is 0.292 e. The third-order valence-corrected chi connectivity index (χ3v) is 5.02. The summed E-state index contributed by atoms with van der Waals surface area (Å²) in [4.78, 5) is 40.4. The van der Waals surface area contributed by atoms with Crippen molar-refractivity contribution in [2.75, 3.05) is 6.54 Å². The molecule has 0 spiro atoms. The van der Waals surface area contributed by atoms with E-state index in [2.05, 4.69) is 20.5 Å². The fraction of sp³-hybridized carbons (Fsp3) is 0.227. The molecule has 4 aromatic rings. The van der Waals surface area contributed by atoms with Gasteiger partial charge in [-0.2, -0.15) is 5.10 Å². The van der Waals surface area contributed by atoms with E-state index in [1.165, 1.54) is 10.7 Å². The number of hydrogen-bond acceptors (Lipinski definition) is 5. The Balaban J connectivity index is 1.47. The van der Waals surface area contributed by atoms with Crippen molar-refractivity contribution in [3.8, 4) is 5.82 Å². The summed E-state index contributed by atoms with van der Waals surface area (Å²) in [6.45, 7) is 5.74. The van der Waals surface area contributed by atoms with Crippen molar-refractivity contribution >= 4 is 22.6 Å². The molecule has 0 aliphatic rings. The van der Waals surface area contributed by atoms with Crippen LogP contribution in [0, 0.1) is 20.8 Å². The van der Waals surface area contributed by atoms with Gasteiger partial charge in [0.1, 0.15) is 0 Å². The Bertz CT molecular complexity index is 1360. The van der Waals surface area contributed by atoms with Gasteiger partial charge in [0.25, 0.3) is 17.2 Å². The van der Waals surface area contributed by atoms with Crippen molar-refractivity contribution in [2.24, 2.45) is 0 Å². The summed E-state index contributed by atoms with van der Waals surface area (Å²) >= 11 is 0. The number of para-hydroxylation sites is 1. The van der Waals surface area contributed by atoms with Gasteiger partial charge in [0.05, 0.1) is 17.8 Å². The summed E-state index contributed by atoms with van der Waals surface area (Å²) in [5, 5.41) is 12.0. The number of aryl methyl sites for hydroxylation is 3. The van der Waals surface area contributed by atoms with E-state index in [1.54, 1.807) is 23.7 Å². The molecular formula is C22H22N6O3. The molecule has 158 valence electrons. The maximum atomic E-state index is 12.7. The van der Waals surface area contributed by atoms with Gasteiger partial charge < -0.3 is 10.3 Å². The zero-order valence-corrected chi connectivity index (χ0v) is 17.5. The van der Waals surface area contributed by atoms with Crippen molar-refractivity contribution in [2.45, 2.75) is 27.3 Å². The lowest BCUT2D eigenvalue weighted by atomic mass is 10.1. The Morgan fingerprint density at radius 2 is 1.84 bits per heavy atom. The van der Waals surface area contributed by atoms with Crippen LogP contribution in [0.2, 0.25) is 0 Å². The molecule has 0 aliphatic carbocycles. The predicted molar refractivity (Wildman–Crippen MR) is 115 cm³/mol. The SMILES string of the molecule is Cc1cc(C)n(-c2ccc(=O)n(CCNC(=O)C(=O)c3c(C)[nH]c4ccccc34)n2)n1. The van der Waals surface area contributed by atoms with E-state index in [-0.39, 0.29) is 18.6 Å². The van der Waals surface area contributed by atoms with E-state index >= 15 is 0 Å². The van der Waals surface area contributed by atoms with Crippen molar-refractivity contribution in [3.05, 3.63) is 75.5 Å². The number of nitrogens with zero attached hydrogens (tertiary/aromatic N) is 4. The normalized spacial score (nSPS) is 11.1. The van der Waals surface area contributed by atoms with Crippen molar-refractivity contribution < 1.29 is 9.59 Å². The second kappa shape index (κ2) is 8.02. The number of Topliss-reactive ketones (excluding diaryl/α,β-unsaturated/α-hetero) is 1. The standard InChI is InChI=1S/C22H22N6O3/c1-13-12-14(2)28(25-13)18-8-9-19(29)27(26-18)11-10-23-22(31)21(30)20-15(3)24-17-7-5-4-6-16(17)20/h4-9,12,24H,10-11H2,1-3H3,(H,23,31). The molecule has 31 heavy (non-hydrogen) atoms. The highest BCUT2D eigenvalue weighted by Crippen LogP contribution is 2.22. The van der Waals surface area contributed by atoms with Crippen LogP contribution in [0.4, 0.5) is 0 Å². The van der Waals surface area contributed by atoms with Crippen LogP contribution in [0.15, 0.2) is 47.3 Å². The monoisotopic (exact) mass is 418 g/mol. The minimum Gasteiger partial charge on any atom is -0.358 e. The Kier molecular flexibility index (Phi) is 5.24. The zero-order chi connectivity index (χ0) is 22.1. The van der Waals surface area contributed by atoms with Gasteiger partial charge in [-0.15, -0.1) is 5.10 Å². The molecular weight excluding hydrogens is 396 g/mol. The summed E-state index contributed by atoms with van der Waals surface area (Å²) in [7, 11) is 0. The van der Waals surface area contributed by atoms with Gasteiger partial charge in [0.15, 0.2) is 5.82 Å². The Labute approximate surface area is 177 Å². The van der Waals surface area contributed by atoms with Crippen LogP contribution in [0.1, 0.15) is 27.4 Å². The van der Waals surface area contributed by atoms with E-state index in [1.807, 2.05) is 38.1 Å². The number of rotatable bonds is 6. The highest BCUT2D eigenvalue weighted by atomic mass is 16.2. The molecule has 0 atom stereocenters. The first kappa shape index (κ1) is 20.3. The van der Waals surface area contributed by atoms with Gasteiger partial charge >= 0.3 is 0 Å². The van der Waals surface area contributed by atoms with E-state index in [0.29, 0.717) is 22.5 Å². The van der Waals surface area contributed by atoms with Crippen LogP contribution in [0.3, 0.4) is 0 Å². The van der Waals surface area contributed by atoms with E-state index in [9.17, 15) is 14.4 Å². The van der Waals surface area contributed by atoms with E-state index in [0.717, 1.165) is 16.9 Å². The first-order valence-electron chi connectivity index (χ1n) is 9.87. The number of amides is 1. The summed E-state index contributed by atoms with van der Waals surface area (Å²) < 4.78 is 2.89. The molecule has 0 saturated carbocycles. The summed E-state index contributed by atoms with van der Waals surface area (Å²) in [5.74, 6) is -0.843. The topological polar surface area (TPSA) is 115 Å². The maximum Gasteiger partial charge on any atom is 0.292 e. The van der Waals surface area contributed by atoms with Gasteiger partial charge in [-0.3, -0.25) is 14.4 Å². The highest BCUT2D eigenvalue weighted by molar-refractivity contribution is 6.45. The summed E-state index contributed by atoms with van der Waals surface area (Å²) in [5.41, 5.74) is 3.22. The Hall–Kier alpha value is -4.01. The third-order valence-electron chi connectivity index (χ3n) is 5.02. The summed E-state index contributed by atoms with van der Waals surface area (Å²) in [6.07, 6.45) is 0. The fourth-order valence-corrected chi connectivity index (χ4v) is 3.61. The lowest BCUT2D eigenvalue weighted by Gasteiger charge is -2.09. The molecule has 4 rings (SSSR count). The molecule has 0 radical (unpaired) electrons. The molecule has 3 aromatic heterocycles. The third kappa shape index (κ3) is 3.89. The van der Waals surface area contributed by atoms with E-state index in [4.69, 9.17) is 0 Å². The molecule has 1 aromatic carbocycles. The molecule has 0 saturated heterocycles. The first-order chi connectivity index (χ1) is 14.8. The number of H-pyrrole nitrogens is 1. The number of benzene rings is 1. The molecule has 9 nitrogen and oxygen atoms in total. The second-order valence-electron chi connectivity index (χ2n) is 7.35. The highest BCUT2D eigenvalue weighted by Gasteiger charge is 2.22. The molecule has 1 amide bonds. The molecule has 0 bridgehead atoms. The Morgan fingerprint density at radius 1 is 1.06 bits per heavy atom. The fourth-order valence-electron chi connectivity index (χ4n) is 3.61. The summed E-state index contributed by atoms with van der Waals surface area (Å²) in [6, 6.07) is 12.2. The quantitative estimate of drug-likeness (QED) is 0.366. The van der Waals surface area contributed by atoms with Gasteiger partial charge in [-0.25, -0.2) is 9.36 Å². The van der Waals surface area contributed by atoms with Crippen LogP contribution in [-0.4, -0.2) is 42.8 Å². The lowest BCUT2D eigenvalue weighted by molar-refractivity contribution is -0.117. The number of carbonyl (C=O) groups excluding carboxylic acids is 2. The number of nitrogens with one attached hydrogen (secondary N) is 2. The Morgan fingerprint density at radius 3 is 2.58 bits per heavy atom. The van der Waals surface area contributed by atoms with E-state index < -0.39 is 11.7 Å². The van der Waals surface area contributed by atoms with Crippen LogP contribution in [-0.2, 0) is 11.3 Å². The minimum absolute atomic E-state index is 0.0828. The van der Waals surface area contributed by atoms with Crippen molar-refractivity contribution in [1.29, 1.82) is 0 Å². The molecule has 2 N–H and O–H groups in total. The van der Waals surface area contributed by atoms with Crippen LogP contribution in [0.25, 0.3) is 16.7 Å². The first-order valence-corrected chi connectivity index (χ1v) is 9.87. The largest absolute Gasteiger partial charge is 0.358 e. The molecule has 0 fully saturated rings. The predicted octanol–water partition coefficient (Wildman–Crippen LogP) is 1.83. The number of hydrogen-bond donors (Lipinski definition) is 2. The van der Waals surface area contributed by atoms with Crippen molar-refractivity contribution in [1.82, 2.24) is 29.9 Å². The minimum atomic E-state index is -0.726. The van der Waals surface area contributed by atoms with Crippen LogP contribution < -0.4 is 10.9 Å². The van der Waals surface area contributed by atoms with Crippen LogP contribution >= 0.6 is 0 Å². The number of ketones is 1. The maximum absolute atomic E-state index is 12.7. The lowest BCUT2D eigenvalue weighted by Crippen LogP contribution is -2.36.